The van der Waals surface area contributed by atoms with Gasteiger partial charge in [0.25, 0.3) is 0 Å². The zero-order chi connectivity index (χ0) is 17.7. The van der Waals surface area contributed by atoms with Crippen LogP contribution in [0.25, 0.3) is 0 Å². The second-order valence-electron chi connectivity index (χ2n) is 6.05. The average molecular weight is 328 g/mol. The molecule has 0 heterocycles. The van der Waals surface area contributed by atoms with E-state index in [0.717, 1.165) is 16.9 Å². The Kier molecular flexibility index (Phi) is 5.68. The number of amides is 2. The number of aromatic hydroxyl groups is 1. The van der Waals surface area contributed by atoms with Gasteiger partial charge in [0, 0.05) is 5.69 Å². The van der Waals surface area contributed by atoms with E-state index in [0.29, 0.717) is 11.6 Å². The van der Waals surface area contributed by atoms with Crippen molar-refractivity contribution in [3.05, 3.63) is 53.6 Å². The minimum atomic E-state index is -0.484. The molecule has 0 aliphatic heterocycles. The lowest BCUT2D eigenvalue weighted by Crippen LogP contribution is -2.39. The summed E-state index contributed by atoms with van der Waals surface area (Å²) in [5.74, 6) is 1.27. The fourth-order valence-corrected chi connectivity index (χ4v) is 2.42. The van der Waals surface area contributed by atoms with E-state index in [-0.39, 0.29) is 11.8 Å². The van der Waals surface area contributed by atoms with Crippen molar-refractivity contribution in [3.8, 4) is 11.5 Å². The molecule has 0 saturated heterocycles. The first-order valence-electron chi connectivity index (χ1n) is 7.99. The molecule has 3 N–H and O–H groups in total. The van der Waals surface area contributed by atoms with Gasteiger partial charge in [-0.15, -0.1) is 0 Å². The van der Waals surface area contributed by atoms with Gasteiger partial charge < -0.3 is 20.5 Å². The minimum Gasteiger partial charge on any atom is -0.508 e. The van der Waals surface area contributed by atoms with Crippen LogP contribution in [-0.4, -0.2) is 17.4 Å². The molecule has 2 aromatic carbocycles. The van der Waals surface area contributed by atoms with Crippen LogP contribution in [0.2, 0.25) is 0 Å². The molecule has 0 aromatic heterocycles. The Morgan fingerprint density at radius 2 is 1.83 bits per heavy atom. The van der Waals surface area contributed by atoms with Crippen LogP contribution in [0.5, 0.6) is 11.5 Å². The fourth-order valence-electron chi connectivity index (χ4n) is 2.42. The van der Waals surface area contributed by atoms with E-state index in [1.807, 2.05) is 31.2 Å². The molecule has 5 heteroatoms. The van der Waals surface area contributed by atoms with E-state index in [1.165, 1.54) is 6.07 Å². The SMILES string of the molecule is Cc1cc(O)ccc1NC(=O)NC(C)Oc1ccccc1C(C)C. The Bertz CT molecular complexity index is 714. The van der Waals surface area contributed by atoms with Crippen LogP contribution in [0, 0.1) is 6.92 Å². The van der Waals surface area contributed by atoms with Crippen LogP contribution in [0.3, 0.4) is 0 Å². The Morgan fingerprint density at radius 3 is 2.50 bits per heavy atom. The van der Waals surface area contributed by atoms with Crippen molar-refractivity contribution in [3.63, 3.8) is 0 Å². The second kappa shape index (κ2) is 7.73. The van der Waals surface area contributed by atoms with Crippen molar-refractivity contribution in [2.75, 3.05) is 5.32 Å². The topological polar surface area (TPSA) is 70.6 Å². The molecule has 0 aliphatic carbocycles. The zero-order valence-electron chi connectivity index (χ0n) is 14.5. The predicted molar refractivity (Wildman–Crippen MR) is 95.6 cm³/mol. The van der Waals surface area contributed by atoms with Crippen molar-refractivity contribution < 1.29 is 14.6 Å². The maximum Gasteiger partial charge on any atom is 0.322 e. The lowest BCUT2D eigenvalue weighted by molar-refractivity contribution is 0.181. The Labute approximate surface area is 142 Å². The van der Waals surface area contributed by atoms with E-state index in [9.17, 15) is 9.90 Å². The number of carbonyl (C=O) groups excluding carboxylic acids is 1. The van der Waals surface area contributed by atoms with Gasteiger partial charge in [0.1, 0.15) is 11.5 Å². The van der Waals surface area contributed by atoms with E-state index >= 15 is 0 Å². The largest absolute Gasteiger partial charge is 0.508 e. The molecule has 1 unspecified atom stereocenters. The van der Waals surface area contributed by atoms with Gasteiger partial charge in [0.2, 0.25) is 0 Å². The summed E-state index contributed by atoms with van der Waals surface area (Å²) >= 11 is 0. The van der Waals surface area contributed by atoms with Crippen LogP contribution < -0.4 is 15.4 Å². The minimum absolute atomic E-state index is 0.167. The van der Waals surface area contributed by atoms with Gasteiger partial charge in [0.15, 0.2) is 6.23 Å². The molecule has 0 bridgehead atoms. The van der Waals surface area contributed by atoms with Crippen LogP contribution in [0.1, 0.15) is 37.8 Å². The van der Waals surface area contributed by atoms with E-state index < -0.39 is 6.23 Å². The summed E-state index contributed by atoms with van der Waals surface area (Å²) in [4.78, 5) is 12.1. The lowest BCUT2D eigenvalue weighted by atomic mass is 10.0. The van der Waals surface area contributed by atoms with Crippen molar-refractivity contribution in [1.82, 2.24) is 5.32 Å². The predicted octanol–water partition coefficient (Wildman–Crippen LogP) is 4.37. The highest BCUT2D eigenvalue weighted by atomic mass is 16.5. The number of nitrogens with one attached hydrogen (secondary N) is 2. The highest BCUT2D eigenvalue weighted by molar-refractivity contribution is 5.90. The van der Waals surface area contributed by atoms with E-state index in [4.69, 9.17) is 4.74 Å². The van der Waals surface area contributed by atoms with Gasteiger partial charge in [-0.2, -0.15) is 0 Å². The maximum atomic E-state index is 12.1. The number of ether oxygens (including phenoxy) is 1. The summed E-state index contributed by atoms with van der Waals surface area (Å²) < 4.78 is 5.85. The summed E-state index contributed by atoms with van der Waals surface area (Å²) in [6, 6.07) is 12.2. The molecule has 0 aliphatic rings. The molecular weight excluding hydrogens is 304 g/mol. The summed E-state index contributed by atoms with van der Waals surface area (Å²) in [5, 5.41) is 14.9. The molecule has 0 spiro atoms. The normalized spacial score (nSPS) is 11.9. The standard InChI is InChI=1S/C19H24N2O3/c1-12(2)16-7-5-6-8-18(16)24-14(4)20-19(23)21-17-10-9-15(22)11-13(17)3/h5-12,14,22H,1-4H3,(H2,20,21,23). The first kappa shape index (κ1) is 17.7. The first-order valence-corrected chi connectivity index (χ1v) is 7.99. The smallest absolute Gasteiger partial charge is 0.322 e. The number of phenols is 1. The summed E-state index contributed by atoms with van der Waals surface area (Å²) in [6.07, 6.45) is -0.484. The summed E-state index contributed by atoms with van der Waals surface area (Å²) in [5.41, 5.74) is 2.52. The van der Waals surface area contributed by atoms with Gasteiger partial charge >= 0.3 is 6.03 Å². The number of rotatable bonds is 5. The average Bonchev–Trinajstić information content (AvgIpc) is 2.50. The maximum absolute atomic E-state index is 12.1. The number of phenolic OH excluding ortho intramolecular Hbond substituents is 1. The first-order chi connectivity index (χ1) is 11.4. The van der Waals surface area contributed by atoms with Crippen LogP contribution in [-0.2, 0) is 0 Å². The van der Waals surface area contributed by atoms with Crippen molar-refractivity contribution in [2.24, 2.45) is 0 Å². The number of anilines is 1. The number of benzene rings is 2. The highest BCUT2D eigenvalue weighted by Crippen LogP contribution is 2.26. The van der Waals surface area contributed by atoms with Gasteiger partial charge in [0.05, 0.1) is 0 Å². The van der Waals surface area contributed by atoms with Crippen LogP contribution in [0.15, 0.2) is 42.5 Å². The van der Waals surface area contributed by atoms with Crippen molar-refractivity contribution in [2.45, 2.75) is 39.8 Å². The van der Waals surface area contributed by atoms with Crippen LogP contribution in [0.4, 0.5) is 10.5 Å². The Morgan fingerprint density at radius 1 is 1.12 bits per heavy atom. The molecule has 24 heavy (non-hydrogen) atoms. The van der Waals surface area contributed by atoms with E-state index in [2.05, 4.69) is 24.5 Å². The third kappa shape index (κ3) is 4.65. The molecule has 2 amide bonds. The van der Waals surface area contributed by atoms with Crippen molar-refractivity contribution in [1.29, 1.82) is 0 Å². The second-order valence-corrected chi connectivity index (χ2v) is 6.05. The molecule has 5 nitrogen and oxygen atoms in total. The van der Waals surface area contributed by atoms with Crippen molar-refractivity contribution >= 4 is 11.7 Å². The van der Waals surface area contributed by atoms with Crippen LogP contribution >= 0.6 is 0 Å². The number of carbonyl (C=O) groups is 1. The van der Waals surface area contributed by atoms with Gasteiger partial charge in [-0.25, -0.2) is 4.79 Å². The molecule has 128 valence electrons. The quantitative estimate of drug-likeness (QED) is 0.564. The molecule has 0 fully saturated rings. The molecule has 1 atom stereocenters. The van der Waals surface area contributed by atoms with E-state index in [1.54, 1.807) is 19.1 Å². The molecule has 2 rings (SSSR count). The molecule has 0 saturated carbocycles. The number of aryl methyl sites for hydroxylation is 1. The summed E-state index contributed by atoms with van der Waals surface area (Å²) in [7, 11) is 0. The molecule has 0 radical (unpaired) electrons. The van der Waals surface area contributed by atoms with Gasteiger partial charge in [-0.3, -0.25) is 0 Å². The number of urea groups is 1. The number of hydrogen-bond acceptors (Lipinski definition) is 3. The third-order valence-corrected chi connectivity index (χ3v) is 3.64. The monoisotopic (exact) mass is 328 g/mol. The third-order valence-electron chi connectivity index (χ3n) is 3.64. The Hall–Kier alpha value is -2.69. The molecule has 2 aromatic rings. The fraction of sp³-hybridized carbons (Fsp3) is 0.316. The van der Waals surface area contributed by atoms with Gasteiger partial charge in [-0.1, -0.05) is 32.0 Å². The molecular formula is C19H24N2O3. The Balaban J connectivity index is 1.97. The van der Waals surface area contributed by atoms with Gasteiger partial charge in [-0.05, 0) is 55.2 Å². The lowest BCUT2D eigenvalue weighted by Gasteiger charge is -2.20. The highest BCUT2D eigenvalue weighted by Gasteiger charge is 2.13. The summed E-state index contributed by atoms with van der Waals surface area (Å²) in [6.45, 7) is 7.79. The zero-order valence-corrected chi connectivity index (χ0v) is 14.5. The number of hydrogen-bond donors (Lipinski definition) is 3. The number of para-hydroxylation sites is 1.